The molecule has 4 nitrogen and oxygen atoms in total. The lowest BCUT2D eigenvalue weighted by molar-refractivity contribution is -0.114. The average Bonchev–Trinajstić information content (AvgIpc) is 2.70. The van der Waals surface area contributed by atoms with Gasteiger partial charge < -0.3 is 4.74 Å². The number of nitrogens with zero attached hydrogens (tertiary/aromatic N) is 1. The summed E-state index contributed by atoms with van der Waals surface area (Å²) in [5.74, 6) is -0.0929. The molecule has 4 heteroatoms. The molecule has 0 aromatic heterocycles. The third-order valence-corrected chi connectivity index (χ3v) is 2.59. The predicted molar refractivity (Wildman–Crippen MR) is 72.4 cm³/mol. The third-order valence-electron chi connectivity index (χ3n) is 2.59. The molecule has 1 aliphatic heterocycles. The maximum atomic E-state index is 12.1. The minimum atomic E-state index is -0.579. The van der Waals surface area contributed by atoms with E-state index in [0.717, 1.165) is 5.56 Å². The summed E-state index contributed by atoms with van der Waals surface area (Å²) < 4.78 is 5.32. The van der Waals surface area contributed by atoms with Gasteiger partial charge in [-0.2, -0.15) is 0 Å². The SMILES string of the molecule is CC(C)(C)OC(=O)N1CC(=O)C=C1c1ccccc1. The van der Waals surface area contributed by atoms with Gasteiger partial charge in [-0.25, -0.2) is 4.79 Å². The smallest absolute Gasteiger partial charge is 0.415 e. The first kappa shape index (κ1) is 13.3. The van der Waals surface area contributed by atoms with Crippen LogP contribution in [0.5, 0.6) is 0 Å². The van der Waals surface area contributed by atoms with Gasteiger partial charge in [0.15, 0.2) is 5.78 Å². The van der Waals surface area contributed by atoms with Crippen LogP contribution in [-0.2, 0) is 9.53 Å². The molecule has 0 N–H and O–H groups in total. The molecule has 0 radical (unpaired) electrons. The molecule has 0 saturated carbocycles. The van der Waals surface area contributed by atoms with Crippen LogP contribution < -0.4 is 0 Å². The first-order valence-electron chi connectivity index (χ1n) is 6.17. The summed E-state index contributed by atoms with van der Waals surface area (Å²) >= 11 is 0. The average molecular weight is 259 g/mol. The molecule has 0 bridgehead atoms. The van der Waals surface area contributed by atoms with Crippen molar-refractivity contribution in [3.63, 3.8) is 0 Å². The Morgan fingerprint density at radius 2 is 1.84 bits per heavy atom. The molecular weight excluding hydrogens is 242 g/mol. The summed E-state index contributed by atoms with van der Waals surface area (Å²) in [4.78, 5) is 25.1. The van der Waals surface area contributed by atoms with E-state index in [4.69, 9.17) is 4.74 Å². The second-order valence-electron chi connectivity index (χ2n) is 5.43. The van der Waals surface area contributed by atoms with Crippen molar-refractivity contribution in [1.82, 2.24) is 4.90 Å². The molecule has 1 aromatic carbocycles. The molecule has 1 aliphatic rings. The van der Waals surface area contributed by atoms with Crippen molar-refractivity contribution in [2.75, 3.05) is 6.54 Å². The van der Waals surface area contributed by atoms with Crippen molar-refractivity contribution in [2.24, 2.45) is 0 Å². The van der Waals surface area contributed by atoms with E-state index in [9.17, 15) is 9.59 Å². The Bertz CT molecular complexity index is 526. The summed E-state index contributed by atoms with van der Waals surface area (Å²) in [6, 6.07) is 9.35. The topological polar surface area (TPSA) is 46.6 Å². The Labute approximate surface area is 112 Å². The van der Waals surface area contributed by atoms with Crippen LogP contribution in [0.4, 0.5) is 4.79 Å². The van der Waals surface area contributed by atoms with Crippen molar-refractivity contribution in [1.29, 1.82) is 0 Å². The molecule has 1 aromatic rings. The number of hydrogen-bond acceptors (Lipinski definition) is 3. The number of ether oxygens (including phenoxy) is 1. The molecule has 2 rings (SSSR count). The highest BCUT2D eigenvalue weighted by molar-refractivity contribution is 6.06. The van der Waals surface area contributed by atoms with Crippen LogP contribution in [0.15, 0.2) is 36.4 Å². The maximum absolute atomic E-state index is 12.1. The number of carbonyl (C=O) groups excluding carboxylic acids is 2. The van der Waals surface area contributed by atoms with Crippen LogP contribution in [0.1, 0.15) is 26.3 Å². The number of ketones is 1. The van der Waals surface area contributed by atoms with E-state index in [1.165, 1.54) is 11.0 Å². The van der Waals surface area contributed by atoms with Crippen molar-refractivity contribution in [3.8, 4) is 0 Å². The lowest BCUT2D eigenvalue weighted by Crippen LogP contribution is -2.35. The highest BCUT2D eigenvalue weighted by Crippen LogP contribution is 2.25. The molecule has 0 aliphatic carbocycles. The minimum absolute atomic E-state index is 0.0408. The Balaban J connectivity index is 2.25. The molecule has 0 unspecified atom stereocenters. The zero-order valence-corrected chi connectivity index (χ0v) is 11.3. The Kier molecular flexibility index (Phi) is 3.42. The maximum Gasteiger partial charge on any atom is 0.415 e. The van der Waals surface area contributed by atoms with Gasteiger partial charge in [0.2, 0.25) is 0 Å². The Morgan fingerprint density at radius 3 is 2.42 bits per heavy atom. The Morgan fingerprint density at radius 1 is 1.21 bits per heavy atom. The first-order chi connectivity index (χ1) is 8.87. The van der Waals surface area contributed by atoms with Gasteiger partial charge in [0.25, 0.3) is 0 Å². The standard InChI is InChI=1S/C15H17NO3/c1-15(2,3)19-14(18)16-10-12(17)9-13(16)11-7-5-4-6-8-11/h4-9H,10H2,1-3H3. The van der Waals surface area contributed by atoms with Gasteiger partial charge in [-0.15, -0.1) is 0 Å². The molecule has 0 saturated heterocycles. The molecule has 1 heterocycles. The van der Waals surface area contributed by atoms with E-state index in [2.05, 4.69) is 0 Å². The van der Waals surface area contributed by atoms with E-state index in [0.29, 0.717) is 5.70 Å². The summed E-state index contributed by atoms with van der Waals surface area (Å²) in [7, 11) is 0. The summed E-state index contributed by atoms with van der Waals surface area (Å²) in [5, 5.41) is 0. The summed E-state index contributed by atoms with van der Waals surface area (Å²) in [6.45, 7) is 5.44. The fourth-order valence-electron chi connectivity index (χ4n) is 1.85. The monoisotopic (exact) mass is 259 g/mol. The minimum Gasteiger partial charge on any atom is -0.443 e. The quantitative estimate of drug-likeness (QED) is 0.779. The van der Waals surface area contributed by atoms with Crippen LogP contribution in [0.2, 0.25) is 0 Å². The van der Waals surface area contributed by atoms with Crippen molar-refractivity contribution < 1.29 is 14.3 Å². The second kappa shape index (κ2) is 4.88. The summed E-state index contributed by atoms with van der Waals surface area (Å²) in [5.41, 5.74) is 0.851. The number of rotatable bonds is 1. The van der Waals surface area contributed by atoms with Crippen molar-refractivity contribution in [3.05, 3.63) is 42.0 Å². The van der Waals surface area contributed by atoms with Crippen LogP contribution in [0, 0.1) is 0 Å². The van der Waals surface area contributed by atoms with Gasteiger partial charge in [0.05, 0.1) is 12.2 Å². The highest BCUT2D eigenvalue weighted by atomic mass is 16.6. The predicted octanol–water partition coefficient (Wildman–Crippen LogP) is 2.85. The van der Waals surface area contributed by atoms with Crippen LogP contribution in [0.3, 0.4) is 0 Å². The van der Waals surface area contributed by atoms with Crippen molar-refractivity contribution >= 4 is 17.6 Å². The van der Waals surface area contributed by atoms with E-state index >= 15 is 0 Å². The fraction of sp³-hybridized carbons (Fsp3) is 0.333. The molecule has 100 valence electrons. The third kappa shape index (κ3) is 3.22. The lowest BCUT2D eigenvalue weighted by atomic mass is 10.1. The number of benzene rings is 1. The van der Waals surface area contributed by atoms with E-state index in [1.54, 1.807) is 20.8 Å². The molecule has 0 fully saturated rings. The van der Waals surface area contributed by atoms with Gasteiger partial charge in [-0.1, -0.05) is 30.3 Å². The fourth-order valence-corrected chi connectivity index (χ4v) is 1.85. The first-order valence-corrected chi connectivity index (χ1v) is 6.17. The highest BCUT2D eigenvalue weighted by Gasteiger charge is 2.31. The van der Waals surface area contributed by atoms with E-state index in [-0.39, 0.29) is 12.3 Å². The van der Waals surface area contributed by atoms with Gasteiger partial charge in [0.1, 0.15) is 5.60 Å². The van der Waals surface area contributed by atoms with Crippen molar-refractivity contribution in [2.45, 2.75) is 26.4 Å². The zero-order valence-electron chi connectivity index (χ0n) is 11.3. The largest absolute Gasteiger partial charge is 0.443 e. The van der Waals surface area contributed by atoms with E-state index < -0.39 is 11.7 Å². The molecule has 0 spiro atoms. The number of hydrogen-bond donors (Lipinski definition) is 0. The van der Waals surface area contributed by atoms with Gasteiger partial charge in [-0.05, 0) is 26.3 Å². The zero-order chi connectivity index (χ0) is 14.0. The second-order valence-corrected chi connectivity index (χ2v) is 5.43. The summed E-state index contributed by atoms with van der Waals surface area (Å²) in [6.07, 6.45) is 0.993. The number of carbonyl (C=O) groups is 2. The van der Waals surface area contributed by atoms with Crippen LogP contribution in [-0.4, -0.2) is 28.9 Å². The lowest BCUT2D eigenvalue weighted by Gasteiger charge is -2.25. The van der Waals surface area contributed by atoms with E-state index in [1.807, 2.05) is 30.3 Å². The molecular formula is C15H17NO3. The van der Waals surface area contributed by atoms with Crippen LogP contribution >= 0.6 is 0 Å². The normalized spacial score (nSPS) is 15.4. The number of amides is 1. The molecule has 0 atom stereocenters. The van der Waals surface area contributed by atoms with Gasteiger partial charge in [0, 0.05) is 6.08 Å². The van der Waals surface area contributed by atoms with Gasteiger partial charge in [-0.3, -0.25) is 9.69 Å². The van der Waals surface area contributed by atoms with Crippen LogP contribution in [0.25, 0.3) is 5.70 Å². The molecule has 19 heavy (non-hydrogen) atoms. The Hall–Kier alpha value is -2.10. The molecule has 1 amide bonds. The van der Waals surface area contributed by atoms with Gasteiger partial charge >= 0.3 is 6.09 Å².